The fourth-order valence-corrected chi connectivity index (χ4v) is 4.49. The first kappa shape index (κ1) is 19.2. The Kier molecular flexibility index (Phi) is 5.38. The van der Waals surface area contributed by atoms with E-state index in [1.807, 2.05) is 41.0 Å². The second-order valence-corrected chi connectivity index (χ2v) is 7.82. The number of hydrogen-bond donors (Lipinski definition) is 1. The number of hydrogen-bond acceptors (Lipinski definition) is 4. The van der Waals surface area contributed by atoms with Crippen LogP contribution < -0.4 is 10.9 Å². The number of benzene rings is 1. The third kappa shape index (κ3) is 4.04. The van der Waals surface area contributed by atoms with Gasteiger partial charge < -0.3 is 19.5 Å². The molecule has 3 heterocycles. The molecule has 2 aliphatic heterocycles. The molecule has 29 heavy (non-hydrogen) atoms. The normalized spacial score (nSPS) is 21.1. The van der Waals surface area contributed by atoms with Gasteiger partial charge in [-0.3, -0.25) is 4.79 Å². The number of nitrogens with one attached hydrogen (secondary N) is 1. The quantitative estimate of drug-likeness (QED) is 0.800. The molecular weight excluding hydrogens is 370 g/mol. The third-order valence-electron chi connectivity index (χ3n) is 5.83. The Bertz CT molecular complexity index is 956. The van der Waals surface area contributed by atoms with Gasteiger partial charge in [0.15, 0.2) is 0 Å². The van der Waals surface area contributed by atoms with Crippen LogP contribution in [0.3, 0.4) is 0 Å². The van der Waals surface area contributed by atoms with Crippen molar-refractivity contribution in [2.45, 2.75) is 31.3 Å². The molecule has 152 valence electrons. The van der Waals surface area contributed by atoms with Crippen LogP contribution >= 0.6 is 0 Å². The molecule has 2 aromatic rings. The highest BCUT2D eigenvalue weighted by atomic mass is 16.5. The van der Waals surface area contributed by atoms with Gasteiger partial charge in [0.25, 0.3) is 5.56 Å². The predicted molar refractivity (Wildman–Crippen MR) is 108 cm³/mol. The fourth-order valence-electron chi connectivity index (χ4n) is 4.49. The van der Waals surface area contributed by atoms with Crippen molar-refractivity contribution in [3.8, 4) is 0 Å². The monoisotopic (exact) mass is 395 g/mol. The number of urea groups is 1. The Labute approximate surface area is 169 Å². The van der Waals surface area contributed by atoms with E-state index in [2.05, 4.69) is 5.32 Å². The number of carbonyl (C=O) groups excluding carboxylic acids is 2. The number of ether oxygens (including phenoxy) is 1. The SMILES string of the molecule is COC(=O)[C@H](Cc1ccccc1)NC(=O)N1CC2CC(C1)c1cccc(=O)n1C2. The largest absolute Gasteiger partial charge is 0.467 e. The lowest BCUT2D eigenvalue weighted by atomic mass is 9.83. The Morgan fingerprint density at radius 2 is 1.90 bits per heavy atom. The van der Waals surface area contributed by atoms with Gasteiger partial charge in [0.1, 0.15) is 6.04 Å². The van der Waals surface area contributed by atoms with Gasteiger partial charge in [-0.2, -0.15) is 0 Å². The predicted octanol–water partition coefficient (Wildman–Crippen LogP) is 1.76. The molecule has 1 aromatic carbocycles. The molecule has 2 bridgehead atoms. The highest BCUT2D eigenvalue weighted by molar-refractivity contribution is 5.84. The summed E-state index contributed by atoms with van der Waals surface area (Å²) in [4.78, 5) is 39.1. The zero-order valence-electron chi connectivity index (χ0n) is 16.4. The summed E-state index contributed by atoms with van der Waals surface area (Å²) in [5.41, 5.74) is 1.95. The Morgan fingerprint density at radius 1 is 1.10 bits per heavy atom. The van der Waals surface area contributed by atoms with Crippen molar-refractivity contribution in [3.63, 3.8) is 0 Å². The molecule has 0 radical (unpaired) electrons. The van der Waals surface area contributed by atoms with Crippen molar-refractivity contribution >= 4 is 12.0 Å². The molecule has 2 aliphatic rings. The molecule has 0 saturated carbocycles. The number of nitrogens with zero attached hydrogens (tertiary/aromatic N) is 2. The van der Waals surface area contributed by atoms with E-state index < -0.39 is 12.0 Å². The van der Waals surface area contributed by atoms with Crippen LogP contribution in [0.5, 0.6) is 0 Å². The van der Waals surface area contributed by atoms with E-state index in [1.165, 1.54) is 7.11 Å². The van der Waals surface area contributed by atoms with E-state index in [0.29, 0.717) is 26.1 Å². The zero-order valence-corrected chi connectivity index (χ0v) is 16.4. The molecule has 2 amide bonds. The molecule has 1 aromatic heterocycles. The van der Waals surface area contributed by atoms with E-state index in [-0.39, 0.29) is 23.4 Å². The summed E-state index contributed by atoms with van der Waals surface area (Å²) in [6.07, 6.45) is 1.34. The molecule has 1 saturated heterocycles. The first-order valence-electron chi connectivity index (χ1n) is 9.92. The van der Waals surface area contributed by atoms with Crippen molar-refractivity contribution in [1.82, 2.24) is 14.8 Å². The van der Waals surface area contributed by atoms with Gasteiger partial charge in [0.2, 0.25) is 0 Å². The van der Waals surface area contributed by atoms with Crippen LogP contribution in [-0.2, 0) is 22.5 Å². The highest BCUT2D eigenvalue weighted by Gasteiger charge is 2.37. The summed E-state index contributed by atoms with van der Waals surface area (Å²) in [5.74, 6) is -0.0954. The topological polar surface area (TPSA) is 80.6 Å². The fraction of sp³-hybridized carbons (Fsp3) is 0.409. The lowest BCUT2D eigenvalue weighted by Crippen LogP contribution is -2.55. The van der Waals surface area contributed by atoms with Crippen LogP contribution in [0.1, 0.15) is 23.6 Å². The Hall–Kier alpha value is -3.09. The lowest BCUT2D eigenvalue weighted by molar-refractivity contribution is -0.142. The summed E-state index contributed by atoms with van der Waals surface area (Å²) in [6.45, 7) is 1.73. The Balaban J connectivity index is 1.48. The van der Waals surface area contributed by atoms with Crippen LogP contribution in [0.2, 0.25) is 0 Å². The van der Waals surface area contributed by atoms with E-state index in [1.54, 1.807) is 17.0 Å². The molecule has 1 fully saturated rings. The minimum absolute atomic E-state index is 0.0173. The zero-order chi connectivity index (χ0) is 20.4. The van der Waals surface area contributed by atoms with Gasteiger partial charge in [0.05, 0.1) is 7.11 Å². The maximum Gasteiger partial charge on any atom is 0.328 e. The smallest absolute Gasteiger partial charge is 0.328 e. The highest BCUT2D eigenvalue weighted by Crippen LogP contribution is 2.34. The summed E-state index contributed by atoms with van der Waals surface area (Å²) >= 11 is 0. The number of methoxy groups -OCH3 is 1. The maximum atomic E-state index is 13.0. The van der Waals surface area contributed by atoms with Gasteiger partial charge in [-0.25, -0.2) is 9.59 Å². The Morgan fingerprint density at radius 3 is 2.66 bits per heavy atom. The lowest BCUT2D eigenvalue weighted by Gasteiger charge is -2.42. The van der Waals surface area contributed by atoms with E-state index in [4.69, 9.17) is 4.74 Å². The number of piperidine rings is 1. The minimum Gasteiger partial charge on any atom is -0.467 e. The van der Waals surface area contributed by atoms with Gasteiger partial charge in [-0.1, -0.05) is 36.4 Å². The number of amides is 2. The van der Waals surface area contributed by atoms with Crippen LogP contribution in [0.15, 0.2) is 53.3 Å². The van der Waals surface area contributed by atoms with Crippen molar-refractivity contribution in [1.29, 1.82) is 0 Å². The van der Waals surface area contributed by atoms with Gasteiger partial charge in [0, 0.05) is 43.7 Å². The molecule has 0 aliphatic carbocycles. The number of carbonyl (C=O) groups is 2. The minimum atomic E-state index is -0.744. The van der Waals surface area contributed by atoms with Gasteiger partial charge >= 0.3 is 12.0 Å². The van der Waals surface area contributed by atoms with Crippen LogP contribution in [0.25, 0.3) is 0 Å². The van der Waals surface area contributed by atoms with Gasteiger partial charge in [-0.05, 0) is 24.0 Å². The standard InChI is InChI=1S/C22H25N3O4/c1-29-21(27)18(11-15-6-3-2-4-7-15)23-22(28)24-12-16-10-17(14-24)19-8-5-9-20(26)25(19)13-16/h2-9,16-18H,10-14H2,1H3,(H,23,28)/t16?,17?,18-/m0/s1. The molecule has 2 unspecified atom stereocenters. The molecule has 7 heteroatoms. The van der Waals surface area contributed by atoms with Gasteiger partial charge in [-0.15, -0.1) is 0 Å². The van der Waals surface area contributed by atoms with Crippen LogP contribution in [0.4, 0.5) is 4.79 Å². The number of aromatic nitrogens is 1. The molecule has 1 N–H and O–H groups in total. The summed E-state index contributed by atoms with van der Waals surface area (Å²) in [5, 5.41) is 2.85. The van der Waals surface area contributed by atoms with Crippen LogP contribution in [0, 0.1) is 5.92 Å². The summed E-state index contributed by atoms with van der Waals surface area (Å²) in [6, 6.07) is 13.9. The molecule has 4 rings (SSSR count). The molecular formula is C22H25N3O4. The third-order valence-corrected chi connectivity index (χ3v) is 5.83. The summed E-state index contributed by atoms with van der Waals surface area (Å²) in [7, 11) is 1.33. The van der Waals surface area contributed by atoms with E-state index >= 15 is 0 Å². The van der Waals surface area contributed by atoms with Crippen molar-refractivity contribution in [3.05, 3.63) is 70.1 Å². The van der Waals surface area contributed by atoms with Crippen molar-refractivity contribution < 1.29 is 14.3 Å². The molecule has 0 spiro atoms. The second kappa shape index (κ2) is 8.11. The molecule has 7 nitrogen and oxygen atoms in total. The van der Waals surface area contributed by atoms with E-state index in [0.717, 1.165) is 17.7 Å². The van der Waals surface area contributed by atoms with Crippen LogP contribution in [-0.4, -0.2) is 47.7 Å². The van der Waals surface area contributed by atoms with Crippen molar-refractivity contribution in [2.75, 3.05) is 20.2 Å². The average Bonchev–Trinajstić information content (AvgIpc) is 2.74. The number of esters is 1. The maximum absolute atomic E-state index is 13.0. The first-order valence-corrected chi connectivity index (χ1v) is 9.92. The second-order valence-electron chi connectivity index (χ2n) is 7.82. The number of pyridine rings is 1. The summed E-state index contributed by atoms with van der Waals surface area (Å²) < 4.78 is 6.73. The van der Waals surface area contributed by atoms with E-state index in [9.17, 15) is 14.4 Å². The first-order chi connectivity index (χ1) is 14.0. The number of likely N-dealkylation sites (tertiary alicyclic amines) is 1. The van der Waals surface area contributed by atoms with Crippen molar-refractivity contribution in [2.24, 2.45) is 5.92 Å². The number of fused-ring (bicyclic) bond motifs is 4. The molecule has 3 atom stereocenters. The number of rotatable bonds is 4. The average molecular weight is 395 g/mol.